The minimum atomic E-state index is -1.25. The molecule has 2 unspecified atom stereocenters. The fourth-order valence-corrected chi connectivity index (χ4v) is 2.73. The van der Waals surface area contributed by atoms with Gasteiger partial charge in [0, 0.05) is 5.56 Å². The number of carboxylic acid groups (broad SMARTS) is 1. The standard InChI is InChI=1S/C16H20FNO4/c1-16(2,3)22-14(19)13-9-8-12(18(13)15(20)21)10-6-4-5-7-11(10)17/h4-7,12-13H,8-9H2,1-3H3,(H,20,21). The zero-order valence-electron chi connectivity index (χ0n) is 12.9. The van der Waals surface area contributed by atoms with Crippen LogP contribution in [0.5, 0.6) is 0 Å². The van der Waals surface area contributed by atoms with Crippen LogP contribution in [0, 0.1) is 5.82 Å². The van der Waals surface area contributed by atoms with Crippen molar-refractivity contribution in [1.82, 2.24) is 4.90 Å². The van der Waals surface area contributed by atoms with Crippen LogP contribution >= 0.6 is 0 Å². The Hall–Kier alpha value is -2.11. The number of halogens is 1. The maximum atomic E-state index is 13.9. The lowest BCUT2D eigenvalue weighted by molar-refractivity contribution is -0.160. The van der Waals surface area contributed by atoms with Gasteiger partial charge in [0.25, 0.3) is 0 Å². The number of carbonyl (C=O) groups excluding carboxylic acids is 1. The van der Waals surface area contributed by atoms with Gasteiger partial charge in [0.05, 0.1) is 6.04 Å². The van der Waals surface area contributed by atoms with E-state index in [2.05, 4.69) is 0 Å². The van der Waals surface area contributed by atoms with Gasteiger partial charge in [-0.3, -0.25) is 4.90 Å². The van der Waals surface area contributed by atoms with E-state index in [4.69, 9.17) is 4.74 Å². The predicted octanol–water partition coefficient (Wildman–Crippen LogP) is 3.35. The van der Waals surface area contributed by atoms with Gasteiger partial charge in [-0.1, -0.05) is 18.2 Å². The Bertz CT molecular complexity index is 582. The van der Waals surface area contributed by atoms with Crippen LogP contribution < -0.4 is 0 Å². The monoisotopic (exact) mass is 309 g/mol. The van der Waals surface area contributed by atoms with Crippen LogP contribution in [0.1, 0.15) is 45.2 Å². The van der Waals surface area contributed by atoms with E-state index in [-0.39, 0.29) is 5.56 Å². The third-order valence-electron chi connectivity index (χ3n) is 3.55. The first-order valence-electron chi connectivity index (χ1n) is 7.19. The van der Waals surface area contributed by atoms with Gasteiger partial charge >= 0.3 is 12.1 Å². The van der Waals surface area contributed by atoms with Crippen LogP contribution in [0.25, 0.3) is 0 Å². The molecule has 5 nitrogen and oxygen atoms in total. The molecule has 1 heterocycles. The molecule has 1 aromatic rings. The minimum Gasteiger partial charge on any atom is -0.465 e. The number of benzene rings is 1. The van der Waals surface area contributed by atoms with Crippen molar-refractivity contribution in [2.45, 2.75) is 51.3 Å². The molecule has 6 heteroatoms. The Balaban J connectivity index is 2.27. The van der Waals surface area contributed by atoms with Gasteiger partial charge in [0.15, 0.2) is 0 Å². The number of hydrogen-bond donors (Lipinski definition) is 1. The van der Waals surface area contributed by atoms with Crippen molar-refractivity contribution < 1.29 is 23.8 Å². The van der Waals surface area contributed by atoms with Gasteiger partial charge in [-0.25, -0.2) is 14.0 Å². The second kappa shape index (κ2) is 5.94. The van der Waals surface area contributed by atoms with Gasteiger partial charge in [-0.05, 0) is 39.7 Å². The Morgan fingerprint density at radius 2 is 1.91 bits per heavy atom. The van der Waals surface area contributed by atoms with E-state index < -0.39 is 35.6 Å². The van der Waals surface area contributed by atoms with Crippen molar-refractivity contribution in [1.29, 1.82) is 0 Å². The molecule has 1 amide bonds. The first kappa shape index (κ1) is 16.3. The molecule has 0 spiro atoms. The van der Waals surface area contributed by atoms with Crippen LogP contribution in [-0.4, -0.2) is 33.7 Å². The van der Waals surface area contributed by atoms with Crippen molar-refractivity contribution in [2.24, 2.45) is 0 Å². The minimum absolute atomic E-state index is 0.288. The molecule has 1 N–H and O–H groups in total. The highest BCUT2D eigenvalue weighted by Crippen LogP contribution is 2.38. The highest BCUT2D eigenvalue weighted by molar-refractivity contribution is 5.82. The summed E-state index contributed by atoms with van der Waals surface area (Å²) in [6, 6.07) is 4.46. The second-order valence-corrected chi connectivity index (χ2v) is 6.35. The van der Waals surface area contributed by atoms with E-state index in [0.717, 1.165) is 4.90 Å². The van der Waals surface area contributed by atoms with Gasteiger partial charge in [0.1, 0.15) is 17.5 Å². The number of nitrogens with zero attached hydrogens (tertiary/aromatic N) is 1. The molecule has 0 bridgehead atoms. The largest absolute Gasteiger partial charge is 0.465 e. The molecule has 2 rings (SSSR count). The lowest BCUT2D eigenvalue weighted by Gasteiger charge is -2.29. The molecular weight excluding hydrogens is 289 g/mol. The molecule has 0 saturated carbocycles. The summed E-state index contributed by atoms with van der Waals surface area (Å²) in [4.78, 5) is 24.8. The second-order valence-electron chi connectivity index (χ2n) is 6.35. The number of rotatable bonds is 2. The summed E-state index contributed by atoms with van der Waals surface area (Å²) in [5, 5.41) is 9.45. The molecule has 1 aromatic carbocycles. The third-order valence-corrected chi connectivity index (χ3v) is 3.55. The SMILES string of the molecule is CC(C)(C)OC(=O)C1CCC(c2ccccc2F)N1C(=O)O. The summed E-state index contributed by atoms with van der Waals surface area (Å²) in [5.74, 6) is -1.06. The summed E-state index contributed by atoms with van der Waals surface area (Å²) in [7, 11) is 0. The van der Waals surface area contributed by atoms with E-state index >= 15 is 0 Å². The van der Waals surface area contributed by atoms with Crippen LogP contribution in [-0.2, 0) is 9.53 Å². The van der Waals surface area contributed by atoms with E-state index in [1.807, 2.05) is 0 Å². The summed E-state index contributed by atoms with van der Waals surface area (Å²) >= 11 is 0. The Morgan fingerprint density at radius 1 is 1.27 bits per heavy atom. The fraction of sp³-hybridized carbons (Fsp3) is 0.500. The first-order valence-corrected chi connectivity index (χ1v) is 7.19. The van der Waals surface area contributed by atoms with Crippen LogP contribution in [0.15, 0.2) is 24.3 Å². The van der Waals surface area contributed by atoms with Crippen molar-refractivity contribution in [3.63, 3.8) is 0 Å². The molecule has 1 aliphatic rings. The van der Waals surface area contributed by atoms with Crippen LogP contribution in [0.3, 0.4) is 0 Å². The number of hydrogen-bond acceptors (Lipinski definition) is 3. The topological polar surface area (TPSA) is 66.8 Å². The van der Waals surface area contributed by atoms with Crippen molar-refractivity contribution in [3.8, 4) is 0 Å². The fourth-order valence-electron chi connectivity index (χ4n) is 2.73. The van der Waals surface area contributed by atoms with E-state index in [1.165, 1.54) is 6.07 Å². The predicted molar refractivity (Wildman–Crippen MR) is 77.9 cm³/mol. The molecule has 1 saturated heterocycles. The number of ether oxygens (including phenoxy) is 1. The zero-order valence-corrected chi connectivity index (χ0v) is 12.9. The zero-order chi connectivity index (χ0) is 16.5. The molecule has 120 valence electrons. The summed E-state index contributed by atoms with van der Waals surface area (Å²) in [5.41, 5.74) is -0.409. The Labute approximate surface area is 128 Å². The maximum absolute atomic E-state index is 13.9. The average molecular weight is 309 g/mol. The van der Waals surface area contributed by atoms with E-state index in [9.17, 15) is 19.1 Å². The Morgan fingerprint density at radius 3 is 2.45 bits per heavy atom. The number of amides is 1. The average Bonchev–Trinajstić information content (AvgIpc) is 2.82. The summed E-state index contributed by atoms with van der Waals surface area (Å²) in [6.07, 6.45) is -0.543. The van der Waals surface area contributed by atoms with Crippen molar-refractivity contribution in [3.05, 3.63) is 35.6 Å². The number of likely N-dealkylation sites (tertiary alicyclic amines) is 1. The van der Waals surface area contributed by atoms with Crippen LogP contribution in [0.2, 0.25) is 0 Å². The lowest BCUT2D eigenvalue weighted by Crippen LogP contribution is -2.44. The molecule has 0 radical (unpaired) electrons. The lowest BCUT2D eigenvalue weighted by atomic mass is 10.0. The van der Waals surface area contributed by atoms with Gasteiger partial charge in [0.2, 0.25) is 0 Å². The van der Waals surface area contributed by atoms with Gasteiger partial charge in [-0.2, -0.15) is 0 Å². The molecule has 1 fully saturated rings. The third kappa shape index (κ3) is 3.37. The smallest absolute Gasteiger partial charge is 0.408 e. The number of carbonyl (C=O) groups is 2. The van der Waals surface area contributed by atoms with Crippen molar-refractivity contribution in [2.75, 3.05) is 0 Å². The molecule has 2 atom stereocenters. The van der Waals surface area contributed by atoms with Crippen LogP contribution in [0.4, 0.5) is 9.18 Å². The normalized spacial score (nSPS) is 21.7. The first-order chi connectivity index (χ1) is 10.2. The summed E-state index contributed by atoms with van der Waals surface area (Å²) < 4.78 is 19.2. The molecule has 1 aliphatic heterocycles. The molecule has 22 heavy (non-hydrogen) atoms. The van der Waals surface area contributed by atoms with E-state index in [1.54, 1.807) is 39.0 Å². The summed E-state index contributed by atoms with van der Waals surface area (Å²) in [6.45, 7) is 5.16. The molecule has 0 aliphatic carbocycles. The maximum Gasteiger partial charge on any atom is 0.408 e. The molecule has 0 aromatic heterocycles. The number of esters is 1. The van der Waals surface area contributed by atoms with Gasteiger partial charge in [-0.15, -0.1) is 0 Å². The van der Waals surface area contributed by atoms with Gasteiger partial charge < -0.3 is 9.84 Å². The highest BCUT2D eigenvalue weighted by Gasteiger charge is 2.44. The molecular formula is C16H20FNO4. The quantitative estimate of drug-likeness (QED) is 0.851. The highest BCUT2D eigenvalue weighted by atomic mass is 19.1. The van der Waals surface area contributed by atoms with E-state index in [0.29, 0.717) is 12.8 Å². The Kier molecular flexibility index (Phi) is 4.39. The van der Waals surface area contributed by atoms with Crippen molar-refractivity contribution >= 4 is 12.1 Å².